The fourth-order valence-corrected chi connectivity index (χ4v) is 6.98. The number of hydrazine groups is 1. The molecule has 3 heterocycles. The first-order valence-electron chi connectivity index (χ1n) is 16.1. The second-order valence-electron chi connectivity index (χ2n) is 12.3. The molecule has 4 aromatic rings. The lowest BCUT2D eigenvalue weighted by atomic mass is 9.98. The third-order valence-electron chi connectivity index (χ3n) is 9.33. The average Bonchev–Trinajstić information content (AvgIpc) is 3.81. The minimum absolute atomic E-state index is 0.0254. The molecule has 4 aromatic carbocycles. The molecule has 0 bridgehead atoms. The molecule has 3 unspecified atom stereocenters. The summed E-state index contributed by atoms with van der Waals surface area (Å²) in [6.45, 7) is 5.72. The van der Waals surface area contributed by atoms with Crippen LogP contribution in [-0.4, -0.2) is 94.3 Å². The van der Waals surface area contributed by atoms with Gasteiger partial charge >= 0.3 is 0 Å². The van der Waals surface area contributed by atoms with Crippen LogP contribution in [0.2, 0.25) is 0 Å². The van der Waals surface area contributed by atoms with Crippen molar-refractivity contribution in [3.8, 4) is 0 Å². The number of epoxide rings is 1. The van der Waals surface area contributed by atoms with Crippen LogP contribution in [0.25, 0.3) is 10.8 Å². The Morgan fingerprint density at radius 1 is 1.00 bits per heavy atom. The molecule has 5 atom stereocenters. The predicted molar refractivity (Wildman–Crippen MR) is 181 cm³/mol. The van der Waals surface area contributed by atoms with Crippen molar-refractivity contribution in [2.75, 3.05) is 32.0 Å². The number of nitrogens with one attached hydrogen (secondary N) is 2. The minimum Gasteiger partial charge on any atom is -0.377 e. The molecule has 3 saturated heterocycles. The van der Waals surface area contributed by atoms with Crippen LogP contribution >= 0.6 is 0 Å². The first-order chi connectivity index (χ1) is 22.9. The molecule has 0 radical (unpaired) electrons. The Labute approximate surface area is 274 Å². The molecule has 0 saturated carbocycles. The van der Waals surface area contributed by atoms with E-state index >= 15 is 0 Å². The molecule has 2 amide bonds. The highest BCUT2D eigenvalue weighted by atomic mass is 16.6. The van der Waals surface area contributed by atoms with Crippen molar-refractivity contribution in [1.82, 2.24) is 25.1 Å². The predicted octanol–water partition coefficient (Wildman–Crippen LogP) is 3.61. The highest BCUT2D eigenvalue weighted by Crippen LogP contribution is 2.36. The molecular formula is C37H40N6O4. The molecule has 0 spiro atoms. The number of fused-ring (bicyclic) bond motifs is 2. The number of hydrogen-bond donors (Lipinski definition) is 3. The normalized spacial score (nSPS) is 24.4. The Kier molecular flexibility index (Phi) is 8.87. The van der Waals surface area contributed by atoms with E-state index in [0.717, 1.165) is 21.9 Å². The highest BCUT2D eigenvalue weighted by molar-refractivity contribution is 6.04. The molecule has 0 aromatic heterocycles. The molecule has 47 heavy (non-hydrogen) atoms. The Bertz CT molecular complexity index is 1750. The van der Waals surface area contributed by atoms with E-state index in [9.17, 15) is 14.7 Å². The number of benzene rings is 4. The number of aliphatic hydroxyl groups is 1. The SMILES string of the molecule is C=CCN(C1OC1NC)N1CC(O)N2[C@@H](Cc3ccc(NC(=O)c4ccccc4)cc3)C(=O)N(Cc3cccc4ccccc34)C[C@@H]21. The van der Waals surface area contributed by atoms with Crippen LogP contribution in [0.1, 0.15) is 21.5 Å². The largest absolute Gasteiger partial charge is 0.377 e. The number of anilines is 1. The average molecular weight is 633 g/mol. The Morgan fingerprint density at radius 3 is 2.49 bits per heavy atom. The molecule has 10 heteroatoms. The minimum atomic E-state index is -0.850. The van der Waals surface area contributed by atoms with Crippen molar-refractivity contribution < 1.29 is 19.4 Å². The van der Waals surface area contributed by atoms with Crippen LogP contribution in [0.15, 0.2) is 110 Å². The van der Waals surface area contributed by atoms with Crippen molar-refractivity contribution in [1.29, 1.82) is 0 Å². The zero-order valence-corrected chi connectivity index (χ0v) is 26.4. The molecule has 7 rings (SSSR count). The fourth-order valence-electron chi connectivity index (χ4n) is 6.98. The van der Waals surface area contributed by atoms with Gasteiger partial charge in [-0.15, -0.1) is 6.58 Å². The number of aliphatic hydroxyl groups excluding tert-OH is 1. The van der Waals surface area contributed by atoms with E-state index < -0.39 is 12.3 Å². The topological polar surface area (TPSA) is 104 Å². The van der Waals surface area contributed by atoms with E-state index in [1.165, 1.54) is 0 Å². The van der Waals surface area contributed by atoms with Gasteiger partial charge in [0.15, 0.2) is 12.5 Å². The number of likely N-dealkylation sites (N-methyl/N-ethyl adjacent to an activating group) is 1. The maximum Gasteiger partial charge on any atom is 0.255 e. The van der Waals surface area contributed by atoms with Gasteiger partial charge in [-0.1, -0.05) is 78.9 Å². The molecular weight excluding hydrogens is 592 g/mol. The van der Waals surface area contributed by atoms with E-state index in [1.54, 1.807) is 12.1 Å². The zero-order chi connectivity index (χ0) is 32.5. The zero-order valence-electron chi connectivity index (χ0n) is 26.4. The van der Waals surface area contributed by atoms with Gasteiger partial charge in [0, 0.05) is 24.3 Å². The Morgan fingerprint density at radius 2 is 1.74 bits per heavy atom. The van der Waals surface area contributed by atoms with Gasteiger partial charge in [0.2, 0.25) is 5.91 Å². The van der Waals surface area contributed by atoms with E-state index in [0.29, 0.717) is 43.9 Å². The van der Waals surface area contributed by atoms with Gasteiger partial charge in [0.1, 0.15) is 6.23 Å². The number of amides is 2. The van der Waals surface area contributed by atoms with E-state index in [1.807, 2.05) is 83.6 Å². The van der Waals surface area contributed by atoms with E-state index in [4.69, 9.17) is 4.74 Å². The lowest BCUT2D eigenvalue weighted by Crippen LogP contribution is -2.65. The van der Waals surface area contributed by atoms with Crippen LogP contribution in [-0.2, 0) is 22.5 Å². The van der Waals surface area contributed by atoms with Crippen LogP contribution in [0, 0.1) is 0 Å². The number of hydrogen-bond acceptors (Lipinski definition) is 8. The standard InChI is InChI=1S/C37H40N6O4/c1-3-20-41(37-35(38-2)47-37)42-24-33(44)43-31(21-25-16-18-29(19-17-25)39-34(45)27-11-5-4-6-12-27)36(46)40(23-32(42)43)22-28-14-9-13-26-10-7-8-15-30(26)28/h3-19,31-33,35,37-38,44H,1,20-24H2,2H3,(H,39,45)/t31-,32+,33?,35?,37?/m0/s1. The van der Waals surface area contributed by atoms with Crippen molar-refractivity contribution in [3.63, 3.8) is 0 Å². The van der Waals surface area contributed by atoms with Gasteiger partial charge in [-0.2, -0.15) is 0 Å². The smallest absolute Gasteiger partial charge is 0.255 e. The maximum absolute atomic E-state index is 14.4. The summed E-state index contributed by atoms with van der Waals surface area (Å²) in [7, 11) is 1.86. The van der Waals surface area contributed by atoms with E-state index in [2.05, 4.69) is 51.5 Å². The fraction of sp³-hybridized carbons (Fsp3) is 0.297. The number of carbonyl (C=O) groups is 2. The van der Waals surface area contributed by atoms with Crippen molar-refractivity contribution in [3.05, 3.63) is 126 Å². The summed E-state index contributed by atoms with van der Waals surface area (Å²) in [5.74, 6) is -0.208. The summed E-state index contributed by atoms with van der Waals surface area (Å²) in [5.41, 5.74) is 3.26. The lowest BCUT2D eigenvalue weighted by Gasteiger charge is -2.46. The molecule has 3 fully saturated rings. The number of nitrogens with zero attached hydrogens (tertiary/aromatic N) is 4. The van der Waals surface area contributed by atoms with Crippen molar-refractivity contribution in [2.45, 2.75) is 43.9 Å². The maximum atomic E-state index is 14.4. The van der Waals surface area contributed by atoms with Crippen molar-refractivity contribution in [2.24, 2.45) is 0 Å². The number of piperazine rings is 1. The monoisotopic (exact) mass is 632 g/mol. The molecule has 0 aliphatic carbocycles. The van der Waals surface area contributed by atoms with Crippen LogP contribution < -0.4 is 10.6 Å². The summed E-state index contributed by atoms with van der Waals surface area (Å²) >= 11 is 0. The number of β-amino-alcohol motifs (C(OH)–C–C–N with tert-alkyl or cyclic N) is 1. The Balaban J connectivity index is 1.17. The summed E-state index contributed by atoms with van der Waals surface area (Å²) in [4.78, 5) is 31.0. The Hall–Kier alpha value is -4.42. The lowest BCUT2D eigenvalue weighted by molar-refractivity contribution is -0.163. The first kappa shape index (κ1) is 31.2. The number of ether oxygens (including phenoxy) is 1. The summed E-state index contributed by atoms with van der Waals surface area (Å²) < 4.78 is 5.90. The third kappa shape index (κ3) is 6.31. The molecule has 242 valence electrons. The molecule has 10 nitrogen and oxygen atoms in total. The first-order valence-corrected chi connectivity index (χ1v) is 16.1. The quantitative estimate of drug-likeness (QED) is 0.170. The van der Waals surface area contributed by atoms with Gasteiger partial charge in [-0.05, 0) is 59.6 Å². The van der Waals surface area contributed by atoms with Gasteiger partial charge in [0.05, 0.1) is 25.3 Å². The van der Waals surface area contributed by atoms with Crippen molar-refractivity contribution >= 4 is 28.3 Å². The number of rotatable bonds is 11. The third-order valence-corrected chi connectivity index (χ3v) is 9.33. The van der Waals surface area contributed by atoms with Gasteiger partial charge < -0.3 is 20.1 Å². The van der Waals surface area contributed by atoms with Crippen LogP contribution in [0.4, 0.5) is 5.69 Å². The molecule has 3 N–H and O–H groups in total. The summed E-state index contributed by atoms with van der Waals surface area (Å²) in [6.07, 6.45) is 0.813. The second-order valence-corrected chi connectivity index (χ2v) is 12.3. The highest BCUT2D eigenvalue weighted by Gasteiger charge is 2.55. The van der Waals surface area contributed by atoms with Crippen LogP contribution in [0.3, 0.4) is 0 Å². The van der Waals surface area contributed by atoms with E-state index in [-0.39, 0.29) is 30.4 Å². The van der Waals surface area contributed by atoms with Gasteiger partial charge in [0.25, 0.3) is 5.91 Å². The van der Waals surface area contributed by atoms with Gasteiger partial charge in [-0.3, -0.25) is 14.9 Å². The molecule has 3 aliphatic heterocycles. The molecule has 3 aliphatic rings. The van der Waals surface area contributed by atoms with Gasteiger partial charge in [-0.25, -0.2) is 14.9 Å². The van der Waals surface area contributed by atoms with Crippen LogP contribution in [0.5, 0.6) is 0 Å². The summed E-state index contributed by atoms with van der Waals surface area (Å²) in [6, 6.07) is 30.5. The summed E-state index contributed by atoms with van der Waals surface area (Å²) in [5, 5.41) is 24.2. The number of carbonyl (C=O) groups excluding carboxylic acids is 2. The second kappa shape index (κ2) is 13.4.